The average Bonchev–Trinajstić information content (AvgIpc) is 2.99. The lowest BCUT2D eigenvalue weighted by Crippen LogP contribution is -2.37. The molecule has 7 heteroatoms. The predicted octanol–water partition coefficient (Wildman–Crippen LogP) is 4.26. The van der Waals surface area contributed by atoms with Gasteiger partial charge in [0, 0.05) is 28.4 Å². The molecule has 1 aliphatic rings. The van der Waals surface area contributed by atoms with Crippen LogP contribution in [0, 0.1) is 0 Å². The summed E-state index contributed by atoms with van der Waals surface area (Å²) in [6, 6.07) is 10.6. The van der Waals surface area contributed by atoms with Crippen molar-refractivity contribution in [3.8, 4) is 0 Å². The summed E-state index contributed by atoms with van der Waals surface area (Å²) < 4.78 is 0. The summed E-state index contributed by atoms with van der Waals surface area (Å²) in [5.74, 6) is 0. The van der Waals surface area contributed by atoms with Crippen molar-refractivity contribution in [2.45, 2.75) is 18.7 Å². The summed E-state index contributed by atoms with van der Waals surface area (Å²) in [6.45, 7) is 3.23. The summed E-state index contributed by atoms with van der Waals surface area (Å²) in [5.41, 5.74) is 1.60. The quantitative estimate of drug-likeness (QED) is 0.889. The Bertz CT molecular complexity index is 753. The molecule has 0 aliphatic carbocycles. The first-order chi connectivity index (χ1) is 11.6. The van der Waals surface area contributed by atoms with Crippen LogP contribution in [0.5, 0.6) is 0 Å². The van der Waals surface area contributed by atoms with Crippen LogP contribution in [0.3, 0.4) is 0 Å². The Morgan fingerprint density at radius 2 is 2.29 bits per heavy atom. The number of thioether (sulfide) groups is 1. The van der Waals surface area contributed by atoms with E-state index in [4.69, 9.17) is 11.6 Å². The molecule has 1 atom stereocenters. The van der Waals surface area contributed by atoms with Gasteiger partial charge in [0.05, 0.1) is 13.1 Å². The molecule has 0 saturated heterocycles. The summed E-state index contributed by atoms with van der Waals surface area (Å²) in [4.78, 5) is 23.0. The third-order valence-electron chi connectivity index (χ3n) is 3.41. The van der Waals surface area contributed by atoms with Gasteiger partial charge in [0.1, 0.15) is 0 Å². The lowest BCUT2D eigenvalue weighted by atomic mass is 10.3. The van der Waals surface area contributed by atoms with Crippen LogP contribution in [-0.2, 0) is 6.54 Å². The molecule has 2 amide bonds. The number of amides is 2. The van der Waals surface area contributed by atoms with E-state index in [1.54, 1.807) is 53.3 Å². The molecule has 0 unspecified atom stereocenters. The number of amidine groups is 1. The number of pyridine rings is 1. The number of aliphatic imine (C=N–C) groups is 1. The molecule has 2 aromatic rings. The maximum absolute atomic E-state index is 12.8. The van der Waals surface area contributed by atoms with Crippen molar-refractivity contribution in [1.82, 2.24) is 9.88 Å². The summed E-state index contributed by atoms with van der Waals surface area (Å²) in [7, 11) is 0. The van der Waals surface area contributed by atoms with Crippen molar-refractivity contribution in [2.75, 3.05) is 11.9 Å². The van der Waals surface area contributed by atoms with Gasteiger partial charge in [-0.3, -0.25) is 14.9 Å². The zero-order valence-electron chi connectivity index (χ0n) is 13.1. The predicted molar refractivity (Wildman–Crippen MR) is 99.6 cm³/mol. The highest BCUT2D eigenvalue weighted by atomic mass is 35.5. The van der Waals surface area contributed by atoms with Crippen molar-refractivity contribution >= 4 is 40.2 Å². The molecule has 124 valence electrons. The Morgan fingerprint density at radius 1 is 1.42 bits per heavy atom. The molecular weight excluding hydrogens is 344 g/mol. The van der Waals surface area contributed by atoms with E-state index in [9.17, 15) is 4.79 Å². The van der Waals surface area contributed by atoms with Gasteiger partial charge in [0.25, 0.3) is 0 Å². The molecule has 0 bridgehead atoms. The third kappa shape index (κ3) is 4.27. The average molecular weight is 361 g/mol. The van der Waals surface area contributed by atoms with Crippen LogP contribution in [-0.4, -0.2) is 32.9 Å². The number of aromatic nitrogens is 1. The second kappa shape index (κ2) is 7.68. The van der Waals surface area contributed by atoms with Crippen molar-refractivity contribution < 1.29 is 4.79 Å². The number of hydrogen-bond donors (Lipinski definition) is 1. The standard InChI is InChI=1S/C17H17ClN4OS/c1-12-9-20-17(24-12)22(11-13-4-3-7-19-10-13)16(23)21-15-6-2-5-14(18)8-15/h2-8,10,12H,9,11H2,1H3,(H,21,23)/t12-/m1/s1. The van der Waals surface area contributed by atoms with Gasteiger partial charge < -0.3 is 5.32 Å². The summed E-state index contributed by atoms with van der Waals surface area (Å²) in [5, 5.41) is 4.56. The van der Waals surface area contributed by atoms with Crippen LogP contribution in [0.15, 0.2) is 53.8 Å². The van der Waals surface area contributed by atoms with E-state index in [1.165, 1.54) is 0 Å². The largest absolute Gasteiger partial charge is 0.328 e. The Morgan fingerprint density at radius 3 is 2.96 bits per heavy atom. The maximum Gasteiger partial charge on any atom is 0.328 e. The normalized spacial score (nSPS) is 16.6. The van der Waals surface area contributed by atoms with Gasteiger partial charge in [0.15, 0.2) is 5.17 Å². The van der Waals surface area contributed by atoms with Gasteiger partial charge in [-0.15, -0.1) is 0 Å². The van der Waals surface area contributed by atoms with Crippen LogP contribution in [0.1, 0.15) is 12.5 Å². The smallest absolute Gasteiger partial charge is 0.307 e. The molecule has 2 heterocycles. The van der Waals surface area contributed by atoms with Gasteiger partial charge in [-0.25, -0.2) is 4.79 Å². The van der Waals surface area contributed by atoms with E-state index in [1.807, 2.05) is 12.1 Å². The molecule has 3 rings (SSSR count). The first kappa shape index (κ1) is 16.8. The van der Waals surface area contributed by atoms with Gasteiger partial charge in [-0.05, 0) is 29.8 Å². The second-order valence-corrected chi connectivity index (χ2v) is 7.28. The number of halogens is 1. The second-order valence-electron chi connectivity index (χ2n) is 5.44. The SMILES string of the molecule is C[C@@H]1CN=C(N(Cc2cccnc2)C(=O)Nc2cccc(Cl)c2)S1. The maximum atomic E-state index is 12.8. The first-order valence-electron chi connectivity index (χ1n) is 7.56. The monoisotopic (exact) mass is 360 g/mol. The number of benzene rings is 1. The Balaban J connectivity index is 1.79. The molecule has 0 spiro atoms. The molecule has 0 saturated carbocycles. The molecule has 1 aromatic carbocycles. The van der Waals surface area contributed by atoms with Crippen LogP contribution in [0.4, 0.5) is 10.5 Å². The van der Waals surface area contributed by atoms with Gasteiger partial charge in [0.2, 0.25) is 0 Å². The van der Waals surface area contributed by atoms with Gasteiger partial charge in [-0.2, -0.15) is 0 Å². The van der Waals surface area contributed by atoms with Crippen LogP contribution in [0.2, 0.25) is 5.02 Å². The molecular formula is C17H17ClN4OS. The van der Waals surface area contributed by atoms with Gasteiger partial charge in [-0.1, -0.05) is 42.4 Å². The molecule has 1 aliphatic heterocycles. The Kier molecular flexibility index (Phi) is 5.37. The molecule has 24 heavy (non-hydrogen) atoms. The molecule has 5 nitrogen and oxygen atoms in total. The van der Waals surface area contributed by atoms with E-state index in [0.29, 0.717) is 29.0 Å². The molecule has 0 fully saturated rings. The van der Waals surface area contributed by atoms with E-state index in [0.717, 1.165) is 10.7 Å². The fourth-order valence-electron chi connectivity index (χ4n) is 2.27. The topological polar surface area (TPSA) is 57.6 Å². The van der Waals surface area contributed by atoms with E-state index in [2.05, 4.69) is 22.2 Å². The van der Waals surface area contributed by atoms with Gasteiger partial charge >= 0.3 is 6.03 Å². The molecule has 1 aromatic heterocycles. The Labute approximate surface area is 150 Å². The zero-order valence-corrected chi connectivity index (χ0v) is 14.7. The number of anilines is 1. The minimum atomic E-state index is -0.235. The van der Waals surface area contributed by atoms with Crippen LogP contribution >= 0.6 is 23.4 Å². The van der Waals surface area contributed by atoms with E-state index < -0.39 is 0 Å². The number of rotatable bonds is 3. The number of carbonyl (C=O) groups excluding carboxylic acids is 1. The fourth-order valence-corrected chi connectivity index (χ4v) is 3.39. The fraction of sp³-hybridized carbons (Fsp3) is 0.235. The van der Waals surface area contributed by atoms with Crippen molar-refractivity contribution in [1.29, 1.82) is 0 Å². The number of urea groups is 1. The van der Waals surface area contributed by atoms with Crippen molar-refractivity contribution in [3.63, 3.8) is 0 Å². The minimum Gasteiger partial charge on any atom is -0.307 e. The highest BCUT2D eigenvalue weighted by Crippen LogP contribution is 2.25. The summed E-state index contributed by atoms with van der Waals surface area (Å²) >= 11 is 7.59. The number of hydrogen-bond acceptors (Lipinski definition) is 4. The van der Waals surface area contributed by atoms with E-state index in [-0.39, 0.29) is 6.03 Å². The van der Waals surface area contributed by atoms with Crippen LogP contribution in [0.25, 0.3) is 0 Å². The van der Waals surface area contributed by atoms with Crippen LogP contribution < -0.4 is 5.32 Å². The third-order valence-corrected chi connectivity index (χ3v) is 4.75. The van der Waals surface area contributed by atoms with Crippen molar-refractivity contribution in [2.24, 2.45) is 4.99 Å². The lowest BCUT2D eigenvalue weighted by Gasteiger charge is -2.22. The number of nitrogens with zero attached hydrogens (tertiary/aromatic N) is 3. The number of carbonyl (C=O) groups is 1. The molecule has 1 N–H and O–H groups in total. The highest BCUT2D eigenvalue weighted by molar-refractivity contribution is 8.14. The summed E-state index contributed by atoms with van der Waals surface area (Å²) in [6.07, 6.45) is 3.47. The zero-order chi connectivity index (χ0) is 16.9. The lowest BCUT2D eigenvalue weighted by molar-refractivity contribution is 0.233. The minimum absolute atomic E-state index is 0.235. The first-order valence-corrected chi connectivity index (χ1v) is 8.81. The number of nitrogens with one attached hydrogen (secondary N) is 1. The molecule has 0 radical (unpaired) electrons. The van der Waals surface area contributed by atoms with Crippen molar-refractivity contribution in [3.05, 3.63) is 59.4 Å². The Hall–Kier alpha value is -2.05. The highest BCUT2D eigenvalue weighted by Gasteiger charge is 2.26. The van der Waals surface area contributed by atoms with E-state index >= 15 is 0 Å².